The minimum Gasteiger partial charge on any atom is -0.316 e. The van der Waals surface area contributed by atoms with Crippen molar-refractivity contribution in [3.8, 4) is 11.4 Å². The summed E-state index contributed by atoms with van der Waals surface area (Å²) in [7, 11) is -2.68. The predicted molar refractivity (Wildman–Crippen MR) is 103 cm³/mol. The van der Waals surface area contributed by atoms with Crippen molar-refractivity contribution in [2.24, 2.45) is 7.05 Å². The number of anilines is 1. The van der Waals surface area contributed by atoms with Gasteiger partial charge in [-0.2, -0.15) is 27.1 Å². The lowest BCUT2D eigenvalue weighted by Crippen LogP contribution is -2.26. The highest BCUT2D eigenvalue weighted by molar-refractivity contribution is 7.91. The molecular formula is C18H15F5N6O3S. The first kappa shape index (κ1) is 22.8. The zero-order chi connectivity index (χ0) is 24.3. The third kappa shape index (κ3) is 3.75. The van der Waals surface area contributed by atoms with Crippen LogP contribution in [0.4, 0.5) is 27.8 Å². The maximum Gasteiger partial charge on any atom is 0.417 e. The molecule has 3 aromatic heterocycles. The molecule has 0 bridgehead atoms. The summed E-state index contributed by atoms with van der Waals surface area (Å²) in [6, 6.07) is 0.648. The number of pyridine rings is 1. The number of halogens is 5. The van der Waals surface area contributed by atoms with Gasteiger partial charge in [0.2, 0.25) is 0 Å². The molecule has 0 unspecified atom stereocenters. The summed E-state index contributed by atoms with van der Waals surface area (Å²) >= 11 is 0. The normalized spacial score (nSPS) is 14.4. The third-order valence-electron chi connectivity index (χ3n) is 5.10. The highest BCUT2D eigenvalue weighted by Crippen LogP contribution is 2.37. The summed E-state index contributed by atoms with van der Waals surface area (Å²) in [6.45, 7) is -1.90. The second kappa shape index (κ2) is 7.60. The molecule has 15 heteroatoms. The molecule has 3 aromatic rings. The van der Waals surface area contributed by atoms with Gasteiger partial charge in [-0.1, -0.05) is 6.92 Å². The van der Waals surface area contributed by atoms with Gasteiger partial charge in [0.1, 0.15) is 5.82 Å². The van der Waals surface area contributed by atoms with E-state index >= 15 is 0 Å². The topological polar surface area (TPSA) is 103 Å². The van der Waals surface area contributed by atoms with Crippen molar-refractivity contribution in [3.05, 3.63) is 41.5 Å². The van der Waals surface area contributed by atoms with E-state index in [1.54, 1.807) is 0 Å². The molecule has 0 fully saturated rings. The van der Waals surface area contributed by atoms with E-state index in [0.29, 0.717) is 16.9 Å². The minimum absolute atomic E-state index is 0.0190. The SMILES string of the molecule is CCS(=O)(=O)c1c(N2Cc3ncc(C(F)(F)F)cc3C2=O)nc(-c2cnn(C(F)F)c2)n1C. The van der Waals surface area contributed by atoms with Crippen LogP contribution in [0.2, 0.25) is 0 Å². The Morgan fingerprint density at radius 3 is 2.48 bits per heavy atom. The summed E-state index contributed by atoms with van der Waals surface area (Å²) in [5.74, 6) is -1.70. The number of sulfone groups is 1. The number of nitrogens with zero attached hydrogens (tertiary/aromatic N) is 6. The first-order chi connectivity index (χ1) is 15.3. The molecule has 4 rings (SSSR count). The Morgan fingerprint density at radius 2 is 1.91 bits per heavy atom. The van der Waals surface area contributed by atoms with E-state index in [1.165, 1.54) is 14.0 Å². The molecule has 0 spiro atoms. The Balaban J connectivity index is 1.85. The maximum absolute atomic E-state index is 13.1. The average Bonchev–Trinajstić information content (AvgIpc) is 3.43. The highest BCUT2D eigenvalue weighted by Gasteiger charge is 2.40. The number of carbonyl (C=O) groups excluding carboxylic acids is 1. The van der Waals surface area contributed by atoms with Crippen LogP contribution in [0.3, 0.4) is 0 Å². The van der Waals surface area contributed by atoms with Gasteiger partial charge in [0, 0.05) is 19.4 Å². The van der Waals surface area contributed by atoms with Gasteiger partial charge < -0.3 is 4.57 Å². The highest BCUT2D eigenvalue weighted by atomic mass is 32.2. The van der Waals surface area contributed by atoms with E-state index in [0.717, 1.165) is 21.9 Å². The fourth-order valence-electron chi connectivity index (χ4n) is 3.45. The molecular weight excluding hydrogens is 475 g/mol. The Labute approximate surface area is 183 Å². The Hall–Kier alpha value is -3.36. The molecule has 33 heavy (non-hydrogen) atoms. The van der Waals surface area contributed by atoms with Crippen LogP contribution in [0, 0.1) is 0 Å². The molecule has 0 atom stereocenters. The second-order valence-corrected chi connectivity index (χ2v) is 9.31. The Bertz CT molecular complexity index is 1360. The zero-order valence-corrected chi connectivity index (χ0v) is 17.8. The summed E-state index contributed by atoms with van der Waals surface area (Å²) in [6.07, 6.45) is -2.13. The molecule has 1 aliphatic rings. The smallest absolute Gasteiger partial charge is 0.316 e. The number of amides is 1. The standard InChI is InChI=1S/C18H15F5N6O3S/c1-3-33(31,32)16-14(26-13(27(16)2)9-5-25-29(7-9)17(19)20)28-8-12-11(15(28)30)4-10(6-24-12)18(21,22)23/h4-7,17H,3,8H2,1-2H3. The molecule has 0 aliphatic carbocycles. The van der Waals surface area contributed by atoms with Gasteiger partial charge in [-0.25, -0.2) is 18.1 Å². The van der Waals surface area contributed by atoms with E-state index in [2.05, 4.69) is 15.1 Å². The summed E-state index contributed by atoms with van der Waals surface area (Å²) < 4.78 is 92.1. The van der Waals surface area contributed by atoms with Gasteiger partial charge in [-0.05, 0) is 6.07 Å². The molecule has 176 valence electrons. The zero-order valence-electron chi connectivity index (χ0n) is 17.0. The first-order valence-corrected chi connectivity index (χ1v) is 11.0. The van der Waals surface area contributed by atoms with Crippen LogP contribution < -0.4 is 4.90 Å². The Morgan fingerprint density at radius 1 is 1.21 bits per heavy atom. The van der Waals surface area contributed by atoms with Crippen LogP contribution in [0.15, 0.2) is 29.7 Å². The van der Waals surface area contributed by atoms with E-state index in [9.17, 15) is 35.2 Å². The lowest BCUT2D eigenvalue weighted by atomic mass is 10.1. The number of carbonyl (C=O) groups is 1. The molecule has 0 saturated carbocycles. The summed E-state index contributed by atoms with van der Waals surface area (Å²) in [5, 5.41) is 3.11. The number of hydrogen-bond donors (Lipinski definition) is 0. The lowest BCUT2D eigenvalue weighted by molar-refractivity contribution is -0.137. The molecule has 4 heterocycles. The molecule has 0 saturated heterocycles. The lowest BCUT2D eigenvalue weighted by Gasteiger charge is -2.15. The average molecular weight is 490 g/mol. The number of rotatable bonds is 5. The van der Waals surface area contributed by atoms with E-state index in [4.69, 9.17) is 0 Å². The van der Waals surface area contributed by atoms with E-state index in [-0.39, 0.29) is 45.8 Å². The van der Waals surface area contributed by atoms with Crippen LogP contribution in [0.25, 0.3) is 11.4 Å². The van der Waals surface area contributed by atoms with Crippen LogP contribution in [0.5, 0.6) is 0 Å². The van der Waals surface area contributed by atoms with Crippen LogP contribution in [-0.2, 0) is 29.6 Å². The number of imidazole rings is 1. The van der Waals surface area contributed by atoms with Crippen molar-refractivity contribution in [2.45, 2.75) is 31.2 Å². The van der Waals surface area contributed by atoms with Gasteiger partial charge in [0.25, 0.3) is 5.91 Å². The first-order valence-electron chi connectivity index (χ1n) is 9.35. The number of fused-ring (bicyclic) bond motifs is 1. The molecule has 9 nitrogen and oxygen atoms in total. The van der Waals surface area contributed by atoms with Crippen molar-refractivity contribution in [3.63, 3.8) is 0 Å². The fraction of sp³-hybridized carbons (Fsp3) is 0.333. The van der Waals surface area contributed by atoms with Gasteiger partial charge >= 0.3 is 12.7 Å². The monoisotopic (exact) mass is 490 g/mol. The van der Waals surface area contributed by atoms with Crippen molar-refractivity contribution in [2.75, 3.05) is 10.7 Å². The molecule has 0 radical (unpaired) electrons. The van der Waals surface area contributed by atoms with Gasteiger partial charge in [0.15, 0.2) is 20.7 Å². The van der Waals surface area contributed by atoms with Crippen LogP contribution in [0.1, 0.15) is 35.1 Å². The van der Waals surface area contributed by atoms with Crippen molar-refractivity contribution in [1.82, 2.24) is 24.3 Å². The molecule has 1 aliphatic heterocycles. The second-order valence-electron chi connectivity index (χ2n) is 7.12. The maximum atomic E-state index is 13.1. The quantitative estimate of drug-likeness (QED) is 0.510. The predicted octanol–water partition coefficient (Wildman–Crippen LogP) is 3.05. The molecule has 0 aromatic carbocycles. The van der Waals surface area contributed by atoms with Gasteiger partial charge in [-0.15, -0.1) is 0 Å². The van der Waals surface area contributed by atoms with E-state index in [1.807, 2.05) is 0 Å². The third-order valence-corrected chi connectivity index (χ3v) is 6.90. The van der Waals surface area contributed by atoms with Crippen LogP contribution in [-0.4, -0.2) is 44.4 Å². The summed E-state index contributed by atoms with van der Waals surface area (Å²) in [5.41, 5.74) is -1.38. The van der Waals surface area contributed by atoms with Crippen molar-refractivity contribution < 1.29 is 35.2 Å². The number of alkyl halides is 5. The number of aromatic nitrogens is 5. The summed E-state index contributed by atoms with van der Waals surface area (Å²) in [4.78, 5) is 21.8. The number of hydrogen-bond acceptors (Lipinski definition) is 6. The minimum atomic E-state index is -4.73. The van der Waals surface area contributed by atoms with E-state index < -0.39 is 34.0 Å². The van der Waals surface area contributed by atoms with Crippen LogP contribution >= 0.6 is 0 Å². The van der Waals surface area contributed by atoms with Gasteiger partial charge in [-0.3, -0.25) is 14.7 Å². The van der Waals surface area contributed by atoms with Gasteiger partial charge in [0.05, 0.1) is 40.9 Å². The Kier molecular flexibility index (Phi) is 5.26. The largest absolute Gasteiger partial charge is 0.417 e. The van der Waals surface area contributed by atoms with Crippen molar-refractivity contribution in [1.29, 1.82) is 0 Å². The van der Waals surface area contributed by atoms with Crippen molar-refractivity contribution >= 4 is 21.6 Å². The molecule has 0 N–H and O–H groups in total. The fourth-order valence-corrected chi connectivity index (χ4v) is 4.66. The molecule has 1 amide bonds.